The number of piperidine rings is 1. The number of rotatable bonds is 5. The van der Waals surface area contributed by atoms with E-state index in [0.29, 0.717) is 30.7 Å². The fraction of sp³-hybridized carbons (Fsp3) is 0.769. The molecule has 0 radical (unpaired) electrons. The summed E-state index contributed by atoms with van der Waals surface area (Å²) in [5.74, 6) is 1.16. The van der Waals surface area contributed by atoms with Crippen molar-refractivity contribution in [1.29, 1.82) is 0 Å². The molecule has 0 bridgehead atoms. The van der Waals surface area contributed by atoms with Crippen molar-refractivity contribution in [3.63, 3.8) is 0 Å². The van der Waals surface area contributed by atoms with Gasteiger partial charge in [-0.25, -0.2) is 0 Å². The highest BCUT2D eigenvalue weighted by atomic mass is 32.2. The van der Waals surface area contributed by atoms with E-state index in [9.17, 15) is 8.42 Å². The lowest BCUT2D eigenvalue weighted by Crippen LogP contribution is -2.45. The molecule has 0 amide bonds. The Hall–Kier alpha value is -1.08. The number of aryl methyl sites for hydroxylation is 1. The number of hydrogen-bond donors (Lipinski definition) is 2. The monoisotopic (exact) mass is 300 g/mol. The van der Waals surface area contributed by atoms with Gasteiger partial charge in [-0.15, -0.1) is 0 Å². The lowest BCUT2D eigenvalue weighted by molar-refractivity contribution is 0.223. The summed E-state index contributed by atoms with van der Waals surface area (Å²) in [5.41, 5.74) is 0.950. The van der Waals surface area contributed by atoms with E-state index in [4.69, 9.17) is 0 Å². The molecule has 0 saturated carbocycles. The van der Waals surface area contributed by atoms with Gasteiger partial charge in [-0.2, -0.15) is 17.8 Å². The Bertz CT molecular complexity index is 530. The molecule has 20 heavy (non-hydrogen) atoms. The van der Waals surface area contributed by atoms with Gasteiger partial charge in [0, 0.05) is 24.8 Å². The molecule has 0 spiro atoms. The number of aromatic amines is 1. The minimum atomic E-state index is -3.50. The summed E-state index contributed by atoms with van der Waals surface area (Å²) in [6, 6.07) is 1.76. The quantitative estimate of drug-likeness (QED) is 0.873. The highest BCUT2D eigenvalue weighted by Crippen LogP contribution is 2.23. The van der Waals surface area contributed by atoms with Crippen LogP contribution < -0.4 is 4.72 Å². The molecular formula is C13H24N4O2S. The first kappa shape index (κ1) is 15.3. The second-order valence-electron chi connectivity index (χ2n) is 5.90. The second-order valence-corrected chi connectivity index (χ2v) is 7.57. The van der Waals surface area contributed by atoms with E-state index >= 15 is 0 Å². The Balaban J connectivity index is 2.06. The fourth-order valence-electron chi connectivity index (χ4n) is 2.81. The summed E-state index contributed by atoms with van der Waals surface area (Å²) in [6.07, 6.45) is 2.94. The maximum absolute atomic E-state index is 12.4. The van der Waals surface area contributed by atoms with Crippen LogP contribution in [0.4, 0.5) is 5.82 Å². The molecule has 1 aliphatic rings. The third kappa shape index (κ3) is 3.73. The summed E-state index contributed by atoms with van der Waals surface area (Å²) in [7, 11) is -3.50. The van der Waals surface area contributed by atoms with Crippen molar-refractivity contribution in [3.8, 4) is 0 Å². The Kier molecular flexibility index (Phi) is 4.70. The maximum Gasteiger partial charge on any atom is 0.302 e. The Labute approximate surface area is 121 Å². The number of nitrogens with zero attached hydrogens (tertiary/aromatic N) is 2. The lowest BCUT2D eigenvalue weighted by Gasteiger charge is -2.33. The van der Waals surface area contributed by atoms with Gasteiger partial charge in [0.05, 0.1) is 0 Å². The molecule has 6 nitrogen and oxygen atoms in total. The minimum Gasteiger partial charge on any atom is -0.280 e. The molecule has 1 aromatic heterocycles. The highest BCUT2D eigenvalue weighted by Gasteiger charge is 2.30. The van der Waals surface area contributed by atoms with E-state index in [-0.39, 0.29) is 0 Å². The van der Waals surface area contributed by atoms with Crippen LogP contribution in [0.25, 0.3) is 0 Å². The van der Waals surface area contributed by atoms with E-state index in [1.165, 1.54) is 4.31 Å². The molecule has 7 heteroatoms. The fourth-order valence-corrected chi connectivity index (χ4v) is 4.21. The van der Waals surface area contributed by atoms with Crippen LogP contribution >= 0.6 is 0 Å². The Morgan fingerprint density at radius 3 is 2.65 bits per heavy atom. The first-order chi connectivity index (χ1) is 9.40. The van der Waals surface area contributed by atoms with Crippen LogP contribution in [0.3, 0.4) is 0 Å². The first-order valence-corrected chi connectivity index (χ1v) is 8.67. The molecule has 1 fully saturated rings. The first-order valence-electron chi connectivity index (χ1n) is 7.23. The SMILES string of the molecule is CCCc1cc(NS(=O)(=O)N2CC(C)CC(C)C2)n[nH]1. The van der Waals surface area contributed by atoms with Crippen molar-refractivity contribution in [3.05, 3.63) is 11.8 Å². The molecule has 2 unspecified atom stereocenters. The van der Waals surface area contributed by atoms with Gasteiger partial charge < -0.3 is 0 Å². The van der Waals surface area contributed by atoms with Crippen molar-refractivity contribution in [2.24, 2.45) is 11.8 Å². The van der Waals surface area contributed by atoms with Crippen LogP contribution in [0.5, 0.6) is 0 Å². The van der Waals surface area contributed by atoms with E-state index < -0.39 is 10.2 Å². The van der Waals surface area contributed by atoms with Crippen molar-refractivity contribution in [2.45, 2.75) is 40.0 Å². The van der Waals surface area contributed by atoms with Crippen LogP contribution in [-0.2, 0) is 16.6 Å². The van der Waals surface area contributed by atoms with Crippen molar-refractivity contribution in [1.82, 2.24) is 14.5 Å². The average Bonchev–Trinajstić information content (AvgIpc) is 2.75. The van der Waals surface area contributed by atoms with Gasteiger partial charge >= 0.3 is 10.2 Å². The molecule has 2 atom stereocenters. The third-order valence-corrected chi connectivity index (χ3v) is 5.00. The summed E-state index contributed by atoms with van der Waals surface area (Å²) in [4.78, 5) is 0. The number of nitrogens with one attached hydrogen (secondary N) is 2. The maximum atomic E-state index is 12.4. The number of H-pyrrole nitrogens is 1. The van der Waals surface area contributed by atoms with E-state index in [0.717, 1.165) is 25.0 Å². The van der Waals surface area contributed by atoms with E-state index in [1.807, 2.05) is 0 Å². The zero-order valence-electron chi connectivity index (χ0n) is 12.4. The predicted molar refractivity (Wildman–Crippen MR) is 79.6 cm³/mol. The van der Waals surface area contributed by atoms with Gasteiger partial charge in [0.15, 0.2) is 5.82 Å². The topological polar surface area (TPSA) is 78.1 Å². The standard InChI is InChI=1S/C13H24N4O2S/c1-4-5-12-7-13(15-14-12)16-20(18,19)17-8-10(2)6-11(3)9-17/h7,10-11H,4-6,8-9H2,1-3H3,(H2,14,15,16). The minimum absolute atomic E-state index is 0.374. The normalized spacial score (nSPS) is 24.8. The number of anilines is 1. The van der Waals surface area contributed by atoms with Gasteiger partial charge in [0.1, 0.15) is 0 Å². The van der Waals surface area contributed by atoms with Crippen LogP contribution in [0.15, 0.2) is 6.07 Å². The van der Waals surface area contributed by atoms with Gasteiger partial charge in [-0.1, -0.05) is 27.2 Å². The number of aromatic nitrogens is 2. The van der Waals surface area contributed by atoms with Crippen molar-refractivity contribution >= 4 is 16.0 Å². The summed E-state index contributed by atoms with van der Waals surface area (Å²) >= 11 is 0. The zero-order chi connectivity index (χ0) is 14.8. The van der Waals surface area contributed by atoms with Crippen molar-refractivity contribution < 1.29 is 8.42 Å². The van der Waals surface area contributed by atoms with E-state index in [1.54, 1.807) is 6.07 Å². The number of hydrogen-bond acceptors (Lipinski definition) is 3. The molecule has 1 aromatic rings. The molecule has 0 aliphatic carbocycles. The van der Waals surface area contributed by atoms with E-state index in [2.05, 4.69) is 35.7 Å². The van der Waals surface area contributed by atoms with Gasteiger partial charge in [-0.3, -0.25) is 9.82 Å². The predicted octanol–water partition coefficient (Wildman–Crippen LogP) is 2.00. The summed E-state index contributed by atoms with van der Waals surface area (Å²) in [5, 5.41) is 6.87. The van der Waals surface area contributed by atoms with Crippen LogP contribution in [0, 0.1) is 11.8 Å². The van der Waals surface area contributed by atoms with Crippen LogP contribution in [0.2, 0.25) is 0 Å². The molecule has 2 N–H and O–H groups in total. The molecule has 2 rings (SSSR count). The lowest BCUT2D eigenvalue weighted by atomic mass is 9.94. The molecular weight excluding hydrogens is 276 g/mol. The second kappa shape index (κ2) is 6.13. The third-order valence-electron chi connectivity index (χ3n) is 3.56. The molecule has 1 aliphatic heterocycles. The smallest absolute Gasteiger partial charge is 0.280 e. The molecule has 114 valence electrons. The van der Waals surface area contributed by atoms with Gasteiger partial charge in [-0.05, 0) is 24.7 Å². The summed E-state index contributed by atoms with van der Waals surface area (Å²) in [6.45, 7) is 7.40. The summed E-state index contributed by atoms with van der Waals surface area (Å²) < 4.78 is 28.8. The molecule has 0 aromatic carbocycles. The van der Waals surface area contributed by atoms with Crippen LogP contribution in [-0.4, -0.2) is 36.0 Å². The zero-order valence-corrected chi connectivity index (χ0v) is 13.2. The molecule has 2 heterocycles. The molecule has 1 saturated heterocycles. The van der Waals surface area contributed by atoms with Gasteiger partial charge in [0.25, 0.3) is 0 Å². The van der Waals surface area contributed by atoms with Crippen LogP contribution in [0.1, 0.15) is 39.3 Å². The average molecular weight is 300 g/mol. The Morgan fingerprint density at radius 1 is 1.40 bits per heavy atom. The van der Waals surface area contributed by atoms with Crippen molar-refractivity contribution in [2.75, 3.05) is 17.8 Å². The Morgan fingerprint density at radius 2 is 2.05 bits per heavy atom. The largest absolute Gasteiger partial charge is 0.302 e. The highest BCUT2D eigenvalue weighted by molar-refractivity contribution is 7.90. The van der Waals surface area contributed by atoms with Gasteiger partial charge in [0.2, 0.25) is 0 Å².